The summed E-state index contributed by atoms with van der Waals surface area (Å²) in [5.74, 6) is 7.32. The van der Waals surface area contributed by atoms with E-state index in [0.717, 1.165) is 0 Å². The second-order valence-electron chi connectivity index (χ2n) is 8.07. The molecule has 2 aromatic heterocycles. The number of nitrogens with one attached hydrogen (secondary N) is 2. The van der Waals surface area contributed by atoms with E-state index in [4.69, 9.17) is 16.3 Å². The number of aromatic nitrogens is 4. The smallest absolute Gasteiger partial charge is 0.207 e. The van der Waals surface area contributed by atoms with Crippen molar-refractivity contribution in [1.82, 2.24) is 19.9 Å². The fraction of sp³-hybridized carbons (Fsp3) is 0.148. The van der Waals surface area contributed by atoms with E-state index in [1.54, 1.807) is 42.8 Å². The Morgan fingerprint density at radius 2 is 1.97 bits per heavy atom. The molecule has 2 N–H and O–H groups in total. The van der Waals surface area contributed by atoms with Crippen molar-refractivity contribution in [3.8, 4) is 23.7 Å². The summed E-state index contributed by atoms with van der Waals surface area (Å²) in [6.45, 7) is 0.575. The highest BCUT2D eigenvalue weighted by atomic mass is 35.5. The fourth-order valence-electron chi connectivity index (χ4n) is 3.25. The van der Waals surface area contributed by atoms with Gasteiger partial charge in [0.2, 0.25) is 5.82 Å². The van der Waals surface area contributed by atoms with Crippen LogP contribution < -0.4 is 15.4 Å². The predicted octanol–water partition coefficient (Wildman–Crippen LogP) is 4.39. The van der Waals surface area contributed by atoms with E-state index in [1.807, 2.05) is 6.07 Å². The molecular weight excluding hydrogens is 541 g/mol. The van der Waals surface area contributed by atoms with Crippen LogP contribution in [0.25, 0.3) is 0 Å². The summed E-state index contributed by atoms with van der Waals surface area (Å²) in [6.07, 6.45) is 5.94. The Labute approximate surface area is 231 Å². The van der Waals surface area contributed by atoms with Crippen molar-refractivity contribution in [3.05, 3.63) is 94.5 Å². The molecule has 0 saturated heterocycles. The summed E-state index contributed by atoms with van der Waals surface area (Å²) >= 11 is 6.41. The third-order valence-electron chi connectivity index (χ3n) is 5.13. The zero-order valence-corrected chi connectivity index (χ0v) is 22.3. The minimum Gasteiger partial charge on any atom is -0.487 e. The number of nitrogens with zero attached hydrogens (tertiary/aromatic N) is 5. The Bertz CT molecular complexity index is 1620. The molecule has 9 nitrogen and oxygen atoms in total. The molecule has 0 bridgehead atoms. The van der Waals surface area contributed by atoms with Crippen LogP contribution in [0.5, 0.6) is 5.75 Å². The summed E-state index contributed by atoms with van der Waals surface area (Å²) in [4.78, 5) is 16.7. The van der Waals surface area contributed by atoms with Crippen LogP contribution in [0.15, 0.2) is 61.2 Å². The monoisotopic (exact) mass is 562 g/mol. The van der Waals surface area contributed by atoms with Crippen molar-refractivity contribution in [2.75, 3.05) is 29.2 Å². The largest absolute Gasteiger partial charge is 0.487 e. The van der Waals surface area contributed by atoms with Crippen LogP contribution in [0.1, 0.15) is 22.5 Å². The third kappa shape index (κ3) is 7.95. The van der Waals surface area contributed by atoms with Crippen molar-refractivity contribution in [2.24, 2.45) is 0 Å². The van der Waals surface area contributed by atoms with Gasteiger partial charge >= 0.3 is 0 Å². The van der Waals surface area contributed by atoms with Crippen molar-refractivity contribution in [1.29, 1.82) is 5.26 Å². The first-order valence-corrected chi connectivity index (χ1v) is 13.8. The number of hydrogen-bond donors (Lipinski definition) is 2. The summed E-state index contributed by atoms with van der Waals surface area (Å²) in [5, 5.41) is 15.8. The molecule has 1 unspecified atom stereocenters. The maximum absolute atomic E-state index is 13.4. The lowest BCUT2D eigenvalue weighted by Gasteiger charge is -2.11. The Hall–Kier alpha value is -4.58. The molecule has 0 aliphatic rings. The molecule has 0 aliphatic heterocycles. The Morgan fingerprint density at radius 3 is 2.74 bits per heavy atom. The number of ether oxygens (including phenoxy) is 1. The summed E-state index contributed by atoms with van der Waals surface area (Å²) < 4.78 is 30.5. The van der Waals surface area contributed by atoms with Crippen molar-refractivity contribution >= 4 is 39.7 Å². The molecule has 0 amide bonds. The molecule has 12 heteroatoms. The van der Waals surface area contributed by atoms with Crippen molar-refractivity contribution in [2.45, 2.75) is 6.61 Å². The highest BCUT2D eigenvalue weighted by Gasteiger charge is 2.09. The molecule has 2 heterocycles. The first-order valence-electron chi connectivity index (χ1n) is 11.6. The number of benzene rings is 2. The lowest BCUT2D eigenvalue weighted by molar-refractivity contribution is 0.306. The minimum atomic E-state index is -1.31. The van der Waals surface area contributed by atoms with Crippen LogP contribution in [-0.4, -0.2) is 38.5 Å². The lowest BCUT2D eigenvalue weighted by atomic mass is 10.2. The molecule has 0 radical (unpaired) electrons. The number of thiol groups is 1. The summed E-state index contributed by atoms with van der Waals surface area (Å²) in [6, 6.07) is 13.3. The molecule has 196 valence electrons. The van der Waals surface area contributed by atoms with Crippen LogP contribution in [0, 0.1) is 29.0 Å². The van der Waals surface area contributed by atoms with Gasteiger partial charge in [-0.15, -0.1) is 4.21 Å². The third-order valence-corrected chi connectivity index (χ3v) is 6.28. The van der Waals surface area contributed by atoms with Gasteiger partial charge in [0, 0.05) is 11.9 Å². The fourth-order valence-corrected chi connectivity index (χ4v) is 3.92. The predicted molar refractivity (Wildman–Crippen MR) is 149 cm³/mol. The Morgan fingerprint density at radius 1 is 1.10 bits per heavy atom. The van der Waals surface area contributed by atoms with Gasteiger partial charge in [-0.2, -0.15) is 5.26 Å². The first-order chi connectivity index (χ1) is 18.9. The zero-order valence-electron chi connectivity index (χ0n) is 20.7. The van der Waals surface area contributed by atoms with Gasteiger partial charge in [-0.3, -0.25) is 0 Å². The van der Waals surface area contributed by atoms with Crippen LogP contribution in [0.4, 0.5) is 21.7 Å². The topological polar surface area (TPSA) is 126 Å². The van der Waals surface area contributed by atoms with Gasteiger partial charge in [0.15, 0.2) is 0 Å². The maximum atomic E-state index is 13.4. The molecule has 39 heavy (non-hydrogen) atoms. The van der Waals surface area contributed by atoms with Gasteiger partial charge in [0.25, 0.3) is 0 Å². The van der Waals surface area contributed by atoms with Gasteiger partial charge in [-0.25, -0.2) is 24.3 Å². The molecular formula is C27H22ClFN7O2S+. The molecule has 0 saturated carbocycles. The highest BCUT2D eigenvalue weighted by Crippen LogP contribution is 2.30. The van der Waals surface area contributed by atoms with E-state index in [-0.39, 0.29) is 23.8 Å². The molecule has 1 atom stereocenters. The molecule has 2 aromatic carbocycles. The summed E-state index contributed by atoms with van der Waals surface area (Å²) in [7, 11) is -1.31. The number of halogens is 2. The average molecular weight is 563 g/mol. The van der Waals surface area contributed by atoms with Gasteiger partial charge in [0.05, 0.1) is 40.4 Å². The van der Waals surface area contributed by atoms with E-state index in [1.165, 1.54) is 24.7 Å². The normalized spacial score (nSPS) is 11.0. The van der Waals surface area contributed by atoms with Gasteiger partial charge in [0.1, 0.15) is 53.5 Å². The van der Waals surface area contributed by atoms with E-state index in [2.05, 4.69) is 42.4 Å². The Balaban J connectivity index is 1.48. The lowest BCUT2D eigenvalue weighted by Crippen LogP contribution is -2.12. The second-order valence-corrected chi connectivity index (χ2v) is 10.2. The number of anilines is 3. The van der Waals surface area contributed by atoms with E-state index < -0.39 is 10.8 Å². The number of rotatable bonds is 9. The maximum Gasteiger partial charge on any atom is 0.207 e. The van der Waals surface area contributed by atoms with Crippen LogP contribution in [0.3, 0.4) is 0 Å². The van der Waals surface area contributed by atoms with Gasteiger partial charge in [-0.1, -0.05) is 29.7 Å². The van der Waals surface area contributed by atoms with Crippen LogP contribution >= 0.6 is 11.6 Å². The van der Waals surface area contributed by atoms with Crippen molar-refractivity contribution < 1.29 is 13.3 Å². The second kappa shape index (κ2) is 13.3. The van der Waals surface area contributed by atoms with E-state index in [0.29, 0.717) is 51.5 Å². The van der Waals surface area contributed by atoms with Crippen LogP contribution in [0.2, 0.25) is 5.02 Å². The molecule has 0 aliphatic carbocycles. The zero-order chi connectivity index (χ0) is 27.6. The Kier molecular flexibility index (Phi) is 9.35. The average Bonchev–Trinajstić information content (AvgIpc) is 2.92. The molecule has 4 aromatic rings. The van der Waals surface area contributed by atoms with E-state index in [9.17, 15) is 13.9 Å². The number of nitriles is 1. The van der Waals surface area contributed by atoms with Crippen molar-refractivity contribution in [3.63, 3.8) is 0 Å². The van der Waals surface area contributed by atoms with Gasteiger partial charge in [-0.05, 0) is 41.8 Å². The SMILES string of the molecule is C[SH+](=O)CCNc1nc(C#Cc2cncnc2Nc2ccc(OCc3cccc(F)c3)c(Cl)c2)ncc1C#N. The molecule has 0 spiro atoms. The van der Waals surface area contributed by atoms with E-state index >= 15 is 0 Å². The molecule has 4 rings (SSSR count). The summed E-state index contributed by atoms with van der Waals surface area (Å²) in [5.41, 5.74) is 2.06. The quantitative estimate of drug-likeness (QED) is 0.173. The first kappa shape index (κ1) is 27.5. The number of hydrogen-bond acceptors (Lipinski definition) is 9. The molecule has 0 fully saturated rings. The standard InChI is InChI=1S/C27H21ClFN7O2S/c1-39(37)10-9-32-27-20(13-30)15-33-25(36-27)8-5-19-14-31-17-34-26(19)35-22-6-7-24(23(28)12-22)38-16-18-3-2-4-21(29)11-18/h2-4,6-7,11-12,14-15,17H,9-10,16H2,1H3,(H,31,34,35)(H,32,33,36)/p+1. The van der Waals surface area contributed by atoms with Crippen LogP contribution in [-0.2, 0) is 21.6 Å². The van der Waals surface area contributed by atoms with Gasteiger partial charge < -0.3 is 15.4 Å². The highest BCUT2D eigenvalue weighted by molar-refractivity contribution is 7.84. The minimum absolute atomic E-state index is 0.170.